The van der Waals surface area contributed by atoms with E-state index >= 15 is 0 Å². The standard InChI is InChI=1S/C22H20N4O4S/c1-2-26(22-23-16-10-6-7-11-17(16)31-22)19(27)14-29-20(28)13-12-18-24-21(25-30-18)15-8-4-3-5-9-15/h3-11H,2,12-14H2,1H3. The van der Waals surface area contributed by atoms with Crippen molar-refractivity contribution in [3.05, 3.63) is 60.5 Å². The number of amides is 1. The molecular formula is C22H20N4O4S. The number of thiazole rings is 1. The third-order valence-corrected chi connectivity index (χ3v) is 5.59. The molecule has 9 heteroatoms. The molecule has 0 N–H and O–H groups in total. The summed E-state index contributed by atoms with van der Waals surface area (Å²) in [6, 6.07) is 17.1. The van der Waals surface area contributed by atoms with Crippen LogP contribution < -0.4 is 4.90 Å². The highest BCUT2D eigenvalue weighted by Gasteiger charge is 2.20. The predicted molar refractivity (Wildman–Crippen MR) is 117 cm³/mol. The van der Waals surface area contributed by atoms with Crippen LogP contribution in [0.2, 0.25) is 0 Å². The Balaban J connectivity index is 1.29. The Labute approximate surface area is 182 Å². The summed E-state index contributed by atoms with van der Waals surface area (Å²) in [5.41, 5.74) is 1.67. The van der Waals surface area contributed by atoms with Gasteiger partial charge in [0.1, 0.15) is 0 Å². The molecule has 31 heavy (non-hydrogen) atoms. The van der Waals surface area contributed by atoms with Gasteiger partial charge in [0, 0.05) is 18.5 Å². The minimum atomic E-state index is -0.506. The highest BCUT2D eigenvalue weighted by Crippen LogP contribution is 2.28. The average Bonchev–Trinajstić information content (AvgIpc) is 3.44. The van der Waals surface area contributed by atoms with Crippen LogP contribution >= 0.6 is 11.3 Å². The Bertz CT molecular complexity index is 1160. The van der Waals surface area contributed by atoms with Crippen molar-refractivity contribution in [1.82, 2.24) is 15.1 Å². The monoisotopic (exact) mass is 436 g/mol. The number of benzene rings is 2. The molecule has 0 saturated heterocycles. The Hall–Kier alpha value is -3.59. The summed E-state index contributed by atoms with van der Waals surface area (Å²) in [6.45, 7) is 1.94. The van der Waals surface area contributed by atoms with Crippen LogP contribution in [0, 0.1) is 0 Å². The van der Waals surface area contributed by atoms with E-state index in [-0.39, 0.29) is 25.4 Å². The Morgan fingerprint density at radius 1 is 1.06 bits per heavy atom. The zero-order valence-electron chi connectivity index (χ0n) is 16.9. The van der Waals surface area contributed by atoms with Crippen molar-refractivity contribution in [3.63, 3.8) is 0 Å². The van der Waals surface area contributed by atoms with Gasteiger partial charge in [0.2, 0.25) is 11.7 Å². The third kappa shape index (κ3) is 4.95. The molecule has 0 atom stereocenters. The van der Waals surface area contributed by atoms with Gasteiger partial charge in [-0.2, -0.15) is 4.98 Å². The minimum absolute atomic E-state index is 0.0387. The zero-order chi connectivity index (χ0) is 21.6. The van der Waals surface area contributed by atoms with Crippen LogP contribution in [0.5, 0.6) is 0 Å². The zero-order valence-corrected chi connectivity index (χ0v) is 17.7. The van der Waals surface area contributed by atoms with Crippen LogP contribution in [0.25, 0.3) is 21.6 Å². The number of likely N-dealkylation sites (N-methyl/N-ethyl adjacent to an activating group) is 1. The van der Waals surface area contributed by atoms with Crippen molar-refractivity contribution in [2.24, 2.45) is 0 Å². The molecule has 158 valence electrons. The van der Waals surface area contributed by atoms with E-state index in [0.29, 0.717) is 23.4 Å². The van der Waals surface area contributed by atoms with Crippen molar-refractivity contribution < 1.29 is 18.8 Å². The van der Waals surface area contributed by atoms with E-state index in [2.05, 4.69) is 15.1 Å². The van der Waals surface area contributed by atoms with Crippen molar-refractivity contribution in [2.45, 2.75) is 19.8 Å². The number of aryl methyl sites for hydroxylation is 1. The van der Waals surface area contributed by atoms with E-state index in [1.54, 1.807) is 0 Å². The van der Waals surface area contributed by atoms with E-state index < -0.39 is 5.97 Å². The molecule has 0 unspecified atom stereocenters. The van der Waals surface area contributed by atoms with Crippen LogP contribution in [0.15, 0.2) is 59.1 Å². The van der Waals surface area contributed by atoms with Gasteiger partial charge in [0.05, 0.1) is 16.6 Å². The van der Waals surface area contributed by atoms with Gasteiger partial charge in [-0.05, 0) is 19.1 Å². The number of rotatable bonds is 8. The highest BCUT2D eigenvalue weighted by atomic mass is 32.1. The largest absolute Gasteiger partial charge is 0.456 e. The van der Waals surface area contributed by atoms with Gasteiger partial charge in [-0.15, -0.1) is 0 Å². The molecule has 0 saturated carbocycles. The van der Waals surface area contributed by atoms with Crippen LogP contribution in [0.3, 0.4) is 0 Å². The summed E-state index contributed by atoms with van der Waals surface area (Å²) in [6.07, 6.45) is 0.277. The Kier molecular flexibility index (Phi) is 6.32. The van der Waals surface area contributed by atoms with Crippen LogP contribution in [0.4, 0.5) is 5.13 Å². The first-order valence-electron chi connectivity index (χ1n) is 9.83. The summed E-state index contributed by atoms with van der Waals surface area (Å²) < 4.78 is 11.3. The maximum Gasteiger partial charge on any atom is 0.306 e. The summed E-state index contributed by atoms with van der Waals surface area (Å²) in [4.78, 5) is 34.9. The van der Waals surface area contributed by atoms with E-state index in [1.807, 2.05) is 61.5 Å². The van der Waals surface area contributed by atoms with Gasteiger partial charge in [0.25, 0.3) is 5.91 Å². The molecule has 4 aromatic rings. The number of carbonyl (C=O) groups is 2. The second kappa shape index (κ2) is 9.48. The van der Waals surface area contributed by atoms with Crippen LogP contribution in [-0.2, 0) is 20.7 Å². The van der Waals surface area contributed by atoms with Crippen molar-refractivity contribution in [2.75, 3.05) is 18.1 Å². The molecule has 0 radical (unpaired) electrons. The first-order chi connectivity index (χ1) is 15.1. The predicted octanol–water partition coefficient (Wildman–Crippen LogP) is 3.88. The number of ether oxygens (including phenoxy) is 1. The first-order valence-corrected chi connectivity index (χ1v) is 10.6. The van der Waals surface area contributed by atoms with Crippen LogP contribution in [-0.4, -0.2) is 40.2 Å². The lowest BCUT2D eigenvalue weighted by molar-refractivity contribution is -0.147. The molecule has 0 aliphatic carbocycles. The van der Waals surface area contributed by atoms with Gasteiger partial charge in [-0.1, -0.05) is 59.0 Å². The second-order valence-corrected chi connectivity index (χ2v) is 7.65. The number of fused-ring (bicyclic) bond motifs is 1. The van der Waals surface area contributed by atoms with E-state index in [0.717, 1.165) is 15.8 Å². The van der Waals surface area contributed by atoms with Crippen LogP contribution in [0.1, 0.15) is 19.2 Å². The maximum absolute atomic E-state index is 12.6. The number of nitrogens with zero attached hydrogens (tertiary/aromatic N) is 4. The SMILES string of the molecule is CCN(C(=O)COC(=O)CCc1nc(-c2ccccc2)no1)c1nc2ccccc2s1. The molecule has 0 fully saturated rings. The second-order valence-electron chi connectivity index (χ2n) is 6.64. The molecular weight excluding hydrogens is 416 g/mol. The Morgan fingerprint density at radius 3 is 2.61 bits per heavy atom. The molecule has 0 aliphatic rings. The quantitative estimate of drug-likeness (QED) is 0.387. The number of para-hydroxylation sites is 1. The number of anilines is 1. The van der Waals surface area contributed by atoms with Gasteiger partial charge < -0.3 is 9.26 Å². The molecule has 8 nitrogen and oxygen atoms in total. The molecule has 4 rings (SSSR count). The number of hydrogen-bond acceptors (Lipinski definition) is 8. The molecule has 2 aromatic carbocycles. The average molecular weight is 436 g/mol. The summed E-state index contributed by atoms with van der Waals surface area (Å²) in [7, 11) is 0. The van der Waals surface area contributed by atoms with Gasteiger partial charge in [0.15, 0.2) is 11.7 Å². The Morgan fingerprint density at radius 2 is 1.84 bits per heavy atom. The van der Waals surface area contributed by atoms with E-state index in [1.165, 1.54) is 16.2 Å². The van der Waals surface area contributed by atoms with Crippen molar-refractivity contribution in [3.8, 4) is 11.4 Å². The highest BCUT2D eigenvalue weighted by molar-refractivity contribution is 7.22. The molecule has 0 aliphatic heterocycles. The van der Waals surface area contributed by atoms with Crippen molar-refractivity contribution >= 4 is 38.6 Å². The molecule has 0 spiro atoms. The summed E-state index contributed by atoms with van der Waals surface area (Å²) in [5.74, 6) is -0.0208. The number of hydrogen-bond donors (Lipinski definition) is 0. The van der Waals surface area contributed by atoms with Gasteiger partial charge in [-0.25, -0.2) is 4.98 Å². The van der Waals surface area contributed by atoms with Gasteiger partial charge >= 0.3 is 5.97 Å². The topological polar surface area (TPSA) is 98.4 Å². The molecule has 1 amide bonds. The molecule has 0 bridgehead atoms. The fraction of sp³-hybridized carbons (Fsp3) is 0.227. The lowest BCUT2D eigenvalue weighted by atomic mass is 10.2. The summed E-state index contributed by atoms with van der Waals surface area (Å²) in [5, 5.41) is 4.51. The maximum atomic E-state index is 12.6. The molecule has 2 aromatic heterocycles. The smallest absolute Gasteiger partial charge is 0.306 e. The lowest BCUT2D eigenvalue weighted by Crippen LogP contribution is -2.34. The van der Waals surface area contributed by atoms with Crippen molar-refractivity contribution in [1.29, 1.82) is 0 Å². The summed E-state index contributed by atoms with van der Waals surface area (Å²) >= 11 is 1.43. The van der Waals surface area contributed by atoms with E-state index in [9.17, 15) is 9.59 Å². The van der Waals surface area contributed by atoms with Gasteiger partial charge in [-0.3, -0.25) is 14.5 Å². The third-order valence-electron chi connectivity index (χ3n) is 4.53. The normalized spacial score (nSPS) is 10.9. The minimum Gasteiger partial charge on any atom is -0.456 e. The lowest BCUT2D eigenvalue weighted by Gasteiger charge is -2.17. The number of aromatic nitrogens is 3. The molecule has 2 heterocycles. The fourth-order valence-corrected chi connectivity index (χ4v) is 4.00. The number of esters is 1. The number of carbonyl (C=O) groups excluding carboxylic acids is 2. The first kappa shape index (κ1) is 20.7. The fourth-order valence-electron chi connectivity index (χ4n) is 2.96. The van der Waals surface area contributed by atoms with E-state index in [4.69, 9.17) is 9.26 Å².